The normalized spacial score (nSPS) is 13.7. The van der Waals surface area contributed by atoms with Gasteiger partial charge < -0.3 is 4.72 Å². The molecule has 0 bridgehead atoms. The number of hydrogen-bond acceptors (Lipinski definition) is 1. The van der Waals surface area contributed by atoms with Gasteiger partial charge in [0.1, 0.15) is 0 Å². The van der Waals surface area contributed by atoms with Crippen molar-refractivity contribution in [2.75, 3.05) is 4.72 Å². The Balaban J connectivity index is 2.71. The van der Waals surface area contributed by atoms with Gasteiger partial charge in [-0.25, -0.2) is 4.21 Å². The minimum Gasteiger partial charge on any atom is -0.302 e. The average Bonchev–Trinajstić information content (AvgIpc) is 2.07. The van der Waals surface area contributed by atoms with Crippen molar-refractivity contribution in [3.63, 3.8) is 0 Å². The molecule has 1 aromatic rings. The van der Waals surface area contributed by atoms with Crippen LogP contribution in [0.25, 0.3) is 0 Å². The van der Waals surface area contributed by atoms with Gasteiger partial charge in [-0.05, 0) is 24.3 Å². The predicted octanol–water partition coefficient (Wildman–Crippen LogP) is 3.74. The van der Waals surface area contributed by atoms with E-state index in [2.05, 4.69) is 4.72 Å². The van der Waals surface area contributed by atoms with Crippen LogP contribution in [0, 0.1) is 0 Å². The number of alkyl halides is 3. The topological polar surface area (TPSA) is 29.1 Å². The van der Waals surface area contributed by atoms with Crippen molar-refractivity contribution in [3.05, 3.63) is 29.3 Å². The van der Waals surface area contributed by atoms with E-state index in [4.69, 9.17) is 46.4 Å². The molecule has 14 heavy (non-hydrogen) atoms. The molecule has 0 aliphatic heterocycles. The van der Waals surface area contributed by atoms with E-state index >= 15 is 0 Å². The summed E-state index contributed by atoms with van der Waals surface area (Å²) in [4.78, 5) is 0. The third-order valence-electron chi connectivity index (χ3n) is 1.26. The van der Waals surface area contributed by atoms with Gasteiger partial charge in [0.2, 0.25) is 0 Å². The van der Waals surface area contributed by atoms with Crippen LogP contribution >= 0.6 is 46.4 Å². The standard InChI is InChI=1S/C7H5Cl4NOS/c8-5-1-3-6(4-2-5)12-14(13)7(9,10)11/h1-4,12H. The number of benzene rings is 1. The van der Waals surface area contributed by atoms with Crippen molar-refractivity contribution >= 4 is 63.1 Å². The maximum absolute atomic E-state index is 11.3. The molecule has 0 radical (unpaired) electrons. The van der Waals surface area contributed by atoms with Crippen molar-refractivity contribution in [3.8, 4) is 0 Å². The van der Waals surface area contributed by atoms with Crippen LogP contribution in [-0.2, 0) is 11.0 Å². The van der Waals surface area contributed by atoms with Crippen LogP contribution in [0.1, 0.15) is 0 Å². The second-order valence-corrected chi connectivity index (χ2v) is 7.07. The molecule has 0 heterocycles. The molecule has 7 heteroatoms. The summed E-state index contributed by atoms with van der Waals surface area (Å²) in [6.07, 6.45) is 0. The Morgan fingerprint density at radius 3 is 2.07 bits per heavy atom. The van der Waals surface area contributed by atoms with Crippen molar-refractivity contribution in [1.82, 2.24) is 0 Å². The Labute approximate surface area is 104 Å². The van der Waals surface area contributed by atoms with Crippen LogP contribution in [0.15, 0.2) is 24.3 Å². The lowest BCUT2D eigenvalue weighted by Crippen LogP contribution is -2.19. The number of halogens is 4. The largest absolute Gasteiger partial charge is 0.302 e. The highest BCUT2D eigenvalue weighted by atomic mass is 35.6. The molecule has 78 valence electrons. The molecule has 1 aromatic carbocycles. The molecule has 2 nitrogen and oxygen atoms in total. The third kappa shape index (κ3) is 3.83. The van der Waals surface area contributed by atoms with E-state index in [0.717, 1.165) is 0 Å². The zero-order valence-corrected chi connectivity index (χ0v) is 10.5. The van der Waals surface area contributed by atoms with Crippen molar-refractivity contribution in [1.29, 1.82) is 0 Å². The summed E-state index contributed by atoms with van der Waals surface area (Å²) in [6.45, 7) is 0. The molecule has 0 fully saturated rings. The highest BCUT2D eigenvalue weighted by molar-refractivity contribution is 7.92. The van der Waals surface area contributed by atoms with Gasteiger partial charge in [-0.3, -0.25) is 0 Å². The fraction of sp³-hybridized carbons (Fsp3) is 0.143. The quantitative estimate of drug-likeness (QED) is 0.827. The third-order valence-corrected chi connectivity index (χ3v) is 3.62. The summed E-state index contributed by atoms with van der Waals surface area (Å²) in [5.41, 5.74) is 0.569. The van der Waals surface area contributed by atoms with Gasteiger partial charge in [0, 0.05) is 10.7 Å². The molecule has 1 atom stereocenters. The van der Waals surface area contributed by atoms with Gasteiger partial charge in [-0.1, -0.05) is 46.4 Å². The van der Waals surface area contributed by atoms with E-state index in [1.807, 2.05) is 0 Å². The SMILES string of the molecule is O=S(Nc1ccc(Cl)cc1)C(Cl)(Cl)Cl. The Kier molecular flexibility index (Phi) is 4.34. The average molecular weight is 293 g/mol. The monoisotopic (exact) mass is 291 g/mol. The Morgan fingerprint density at radius 2 is 1.64 bits per heavy atom. The summed E-state index contributed by atoms with van der Waals surface area (Å²) in [5.74, 6) is 0. The first-order valence-corrected chi connectivity index (χ1v) is 6.06. The first kappa shape index (κ1) is 12.4. The van der Waals surface area contributed by atoms with Crippen LogP contribution in [-0.4, -0.2) is 7.33 Å². The zero-order chi connectivity index (χ0) is 10.8. The maximum Gasteiger partial charge on any atom is 0.285 e. The van der Waals surface area contributed by atoms with Crippen LogP contribution in [0.2, 0.25) is 5.02 Å². The minimum atomic E-state index is -1.85. The van der Waals surface area contributed by atoms with Crippen molar-refractivity contribution < 1.29 is 4.21 Å². The molecule has 0 amide bonds. The Bertz CT molecular complexity index is 335. The lowest BCUT2D eigenvalue weighted by atomic mass is 10.3. The first-order chi connectivity index (χ1) is 6.39. The first-order valence-electron chi connectivity index (χ1n) is 3.40. The number of rotatable bonds is 2. The summed E-state index contributed by atoms with van der Waals surface area (Å²) in [6, 6.07) is 6.55. The predicted molar refractivity (Wildman–Crippen MR) is 63.5 cm³/mol. The number of nitrogens with one attached hydrogen (secondary N) is 1. The molecular formula is C7H5Cl4NOS. The molecule has 1 unspecified atom stereocenters. The van der Waals surface area contributed by atoms with E-state index in [1.54, 1.807) is 24.3 Å². The molecule has 1 N–H and O–H groups in total. The second-order valence-electron chi connectivity index (χ2n) is 2.32. The molecule has 0 spiro atoms. The van der Waals surface area contributed by atoms with E-state index < -0.39 is 14.1 Å². The molecule has 0 saturated heterocycles. The Morgan fingerprint density at radius 1 is 1.14 bits per heavy atom. The fourth-order valence-corrected chi connectivity index (χ4v) is 1.62. The molecule has 0 aliphatic rings. The zero-order valence-electron chi connectivity index (χ0n) is 6.64. The highest BCUT2D eigenvalue weighted by Crippen LogP contribution is 2.31. The second kappa shape index (κ2) is 4.90. The van der Waals surface area contributed by atoms with Crippen LogP contribution in [0.5, 0.6) is 0 Å². The maximum atomic E-state index is 11.3. The summed E-state index contributed by atoms with van der Waals surface area (Å²) in [5, 5.41) is 0.579. The van der Waals surface area contributed by atoms with Crippen molar-refractivity contribution in [2.24, 2.45) is 0 Å². The van der Waals surface area contributed by atoms with Gasteiger partial charge in [0.05, 0.1) is 0 Å². The van der Waals surface area contributed by atoms with Crippen LogP contribution in [0.3, 0.4) is 0 Å². The van der Waals surface area contributed by atoms with Gasteiger partial charge >= 0.3 is 0 Å². The smallest absolute Gasteiger partial charge is 0.285 e. The lowest BCUT2D eigenvalue weighted by molar-refractivity contribution is 0.686. The van der Waals surface area contributed by atoms with E-state index in [0.29, 0.717) is 10.7 Å². The van der Waals surface area contributed by atoms with Crippen LogP contribution in [0.4, 0.5) is 5.69 Å². The van der Waals surface area contributed by atoms with E-state index in [1.165, 1.54) is 0 Å². The minimum absolute atomic E-state index is 0.569. The molecular weight excluding hydrogens is 288 g/mol. The van der Waals surface area contributed by atoms with Gasteiger partial charge in [-0.15, -0.1) is 0 Å². The fourth-order valence-electron chi connectivity index (χ4n) is 0.683. The van der Waals surface area contributed by atoms with Gasteiger partial charge in [-0.2, -0.15) is 0 Å². The molecule has 0 saturated carbocycles. The number of hydrogen-bond donors (Lipinski definition) is 1. The number of anilines is 1. The van der Waals surface area contributed by atoms with Gasteiger partial charge in [0.15, 0.2) is 11.0 Å². The van der Waals surface area contributed by atoms with E-state index in [-0.39, 0.29) is 0 Å². The van der Waals surface area contributed by atoms with Gasteiger partial charge in [0.25, 0.3) is 3.12 Å². The highest BCUT2D eigenvalue weighted by Gasteiger charge is 2.29. The van der Waals surface area contributed by atoms with E-state index in [9.17, 15) is 4.21 Å². The molecule has 0 aliphatic carbocycles. The van der Waals surface area contributed by atoms with Crippen molar-refractivity contribution in [2.45, 2.75) is 3.12 Å². The lowest BCUT2D eigenvalue weighted by Gasteiger charge is -2.11. The van der Waals surface area contributed by atoms with Crippen LogP contribution < -0.4 is 4.72 Å². The Hall–Kier alpha value is 0.330. The summed E-state index contributed by atoms with van der Waals surface area (Å²) >= 11 is 21.9. The summed E-state index contributed by atoms with van der Waals surface area (Å²) < 4.78 is 12.0. The summed E-state index contributed by atoms with van der Waals surface area (Å²) in [7, 11) is -1.79. The molecule has 0 aromatic heterocycles. The molecule has 1 rings (SSSR count).